The highest BCUT2D eigenvalue weighted by Crippen LogP contribution is 2.15. The second-order valence-corrected chi connectivity index (χ2v) is 4.10. The van der Waals surface area contributed by atoms with Crippen molar-refractivity contribution in [3.8, 4) is 0 Å². The lowest BCUT2D eigenvalue weighted by molar-refractivity contribution is 0.687. The molecule has 2 aromatic heterocycles. The Labute approximate surface area is 86.4 Å². The van der Waals surface area contributed by atoms with Crippen molar-refractivity contribution in [1.82, 2.24) is 15.0 Å². The first kappa shape index (κ1) is 9.36. The zero-order valence-corrected chi connectivity index (χ0v) is 8.79. The molecule has 5 heteroatoms. The first-order valence-corrected chi connectivity index (χ1v) is 5.29. The fourth-order valence-corrected chi connectivity index (χ4v) is 2.08. The van der Waals surface area contributed by atoms with Gasteiger partial charge in [0, 0.05) is 24.9 Å². The van der Waals surface area contributed by atoms with Crippen LogP contribution in [-0.4, -0.2) is 15.0 Å². The number of aryl methyl sites for hydroxylation is 1. The van der Waals surface area contributed by atoms with Crippen molar-refractivity contribution in [2.75, 3.05) is 0 Å². The maximum Gasteiger partial charge on any atom is 0.0998 e. The van der Waals surface area contributed by atoms with E-state index in [9.17, 15) is 0 Å². The summed E-state index contributed by atoms with van der Waals surface area (Å²) in [4.78, 5) is 1.31. The van der Waals surface area contributed by atoms with Crippen LogP contribution in [0.25, 0.3) is 0 Å². The molecule has 0 aliphatic heterocycles. The number of hydrogen-bond donors (Lipinski definition) is 1. The highest BCUT2D eigenvalue weighted by molar-refractivity contribution is 7.09. The van der Waals surface area contributed by atoms with Gasteiger partial charge in [0.15, 0.2) is 0 Å². The molecule has 0 aliphatic rings. The van der Waals surface area contributed by atoms with Gasteiger partial charge in [-0.2, -0.15) is 0 Å². The molecule has 2 N–H and O–H groups in total. The SMILES string of the molecule is Cn1nnc(CN)c1Cc1cccs1. The summed E-state index contributed by atoms with van der Waals surface area (Å²) in [5.74, 6) is 0. The summed E-state index contributed by atoms with van der Waals surface area (Å²) in [6, 6.07) is 4.16. The topological polar surface area (TPSA) is 56.7 Å². The molecule has 74 valence electrons. The van der Waals surface area contributed by atoms with Crippen LogP contribution < -0.4 is 5.73 Å². The van der Waals surface area contributed by atoms with Gasteiger partial charge >= 0.3 is 0 Å². The Morgan fingerprint density at radius 3 is 3.07 bits per heavy atom. The predicted octanol–water partition coefficient (Wildman–Crippen LogP) is 0.926. The van der Waals surface area contributed by atoms with E-state index in [2.05, 4.69) is 21.8 Å². The van der Waals surface area contributed by atoms with Crippen LogP contribution in [0.3, 0.4) is 0 Å². The molecule has 2 heterocycles. The highest BCUT2D eigenvalue weighted by Gasteiger charge is 2.09. The van der Waals surface area contributed by atoms with Gasteiger partial charge in [0.1, 0.15) is 0 Å². The van der Waals surface area contributed by atoms with Crippen molar-refractivity contribution in [2.24, 2.45) is 12.8 Å². The van der Waals surface area contributed by atoms with Gasteiger partial charge in [-0.1, -0.05) is 11.3 Å². The van der Waals surface area contributed by atoms with E-state index >= 15 is 0 Å². The molecule has 0 saturated carbocycles. The molecule has 0 aromatic carbocycles. The van der Waals surface area contributed by atoms with Crippen molar-refractivity contribution in [3.05, 3.63) is 33.8 Å². The van der Waals surface area contributed by atoms with Crippen LogP contribution in [0.5, 0.6) is 0 Å². The molecular formula is C9H12N4S. The Morgan fingerprint density at radius 2 is 2.43 bits per heavy atom. The van der Waals surface area contributed by atoms with Gasteiger partial charge in [-0.3, -0.25) is 4.68 Å². The minimum absolute atomic E-state index is 0.453. The van der Waals surface area contributed by atoms with Crippen molar-refractivity contribution in [3.63, 3.8) is 0 Å². The monoisotopic (exact) mass is 208 g/mol. The van der Waals surface area contributed by atoms with Gasteiger partial charge in [0.2, 0.25) is 0 Å². The summed E-state index contributed by atoms with van der Waals surface area (Å²) in [5, 5.41) is 10.0. The normalized spacial score (nSPS) is 10.7. The molecule has 0 amide bonds. The quantitative estimate of drug-likeness (QED) is 0.816. The maximum atomic E-state index is 5.58. The van der Waals surface area contributed by atoms with Gasteiger partial charge in [0.25, 0.3) is 0 Å². The molecule has 0 bridgehead atoms. The molecule has 2 aromatic rings. The minimum Gasteiger partial charge on any atom is -0.325 e. The summed E-state index contributed by atoms with van der Waals surface area (Å²) in [6.45, 7) is 0.453. The second kappa shape index (κ2) is 3.89. The molecule has 0 aliphatic carbocycles. The van der Waals surface area contributed by atoms with E-state index in [0.717, 1.165) is 17.8 Å². The molecule has 2 rings (SSSR count). The third kappa shape index (κ3) is 1.69. The zero-order chi connectivity index (χ0) is 9.97. The van der Waals surface area contributed by atoms with Crippen LogP contribution >= 0.6 is 11.3 Å². The van der Waals surface area contributed by atoms with Crippen LogP contribution in [0, 0.1) is 0 Å². The van der Waals surface area contributed by atoms with E-state index in [-0.39, 0.29) is 0 Å². The van der Waals surface area contributed by atoms with E-state index in [1.54, 1.807) is 16.0 Å². The van der Waals surface area contributed by atoms with E-state index in [0.29, 0.717) is 6.54 Å². The van der Waals surface area contributed by atoms with Crippen LogP contribution in [0.1, 0.15) is 16.3 Å². The van der Waals surface area contributed by atoms with Gasteiger partial charge in [0.05, 0.1) is 11.4 Å². The summed E-state index contributed by atoms with van der Waals surface area (Å²) in [7, 11) is 1.90. The summed E-state index contributed by atoms with van der Waals surface area (Å²) < 4.78 is 1.79. The highest BCUT2D eigenvalue weighted by atomic mass is 32.1. The van der Waals surface area contributed by atoms with Crippen molar-refractivity contribution in [2.45, 2.75) is 13.0 Å². The summed E-state index contributed by atoms with van der Waals surface area (Å²) in [5.41, 5.74) is 7.58. The third-order valence-electron chi connectivity index (χ3n) is 2.14. The number of aromatic nitrogens is 3. The molecular weight excluding hydrogens is 196 g/mol. The lowest BCUT2D eigenvalue weighted by Crippen LogP contribution is -2.04. The fraction of sp³-hybridized carbons (Fsp3) is 0.333. The second-order valence-electron chi connectivity index (χ2n) is 3.07. The number of nitrogens with two attached hydrogens (primary N) is 1. The fourth-order valence-electron chi connectivity index (χ4n) is 1.37. The van der Waals surface area contributed by atoms with Gasteiger partial charge in [-0.15, -0.1) is 16.4 Å². The minimum atomic E-state index is 0.453. The average molecular weight is 208 g/mol. The zero-order valence-electron chi connectivity index (χ0n) is 7.97. The van der Waals surface area contributed by atoms with E-state index < -0.39 is 0 Å². The number of nitrogens with zero attached hydrogens (tertiary/aromatic N) is 3. The molecule has 0 unspecified atom stereocenters. The van der Waals surface area contributed by atoms with Gasteiger partial charge in [-0.25, -0.2) is 0 Å². The van der Waals surface area contributed by atoms with Crippen LogP contribution in [0.4, 0.5) is 0 Å². The number of rotatable bonds is 3. The average Bonchev–Trinajstić information content (AvgIpc) is 2.79. The molecule has 4 nitrogen and oxygen atoms in total. The largest absolute Gasteiger partial charge is 0.325 e. The molecule has 0 radical (unpaired) electrons. The van der Waals surface area contributed by atoms with Crippen LogP contribution in [0.15, 0.2) is 17.5 Å². The number of thiophene rings is 1. The van der Waals surface area contributed by atoms with Crippen LogP contribution in [0.2, 0.25) is 0 Å². The van der Waals surface area contributed by atoms with Gasteiger partial charge < -0.3 is 5.73 Å². The molecule has 0 atom stereocenters. The lowest BCUT2D eigenvalue weighted by atomic mass is 10.2. The van der Waals surface area contributed by atoms with E-state index in [1.165, 1.54) is 4.88 Å². The molecule has 14 heavy (non-hydrogen) atoms. The first-order valence-electron chi connectivity index (χ1n) is 4.41. The Bertz CT molecular complexity index is 404. The smallest absolute Gasteiger partial charge is 0.0998 e. The summed E-state index contributed by atoms with van der Waals surface area (Å²) >= 11 is 1.74. The predicted molar refractivity (Wildman–Crippen MR) is 56.0 cm³/mol. The first-order chi connectivity index (χ1) is 6.81. The Morgan fingerprint density at radius 1 is 1.57 bits per heavy atom. The Hall–Kier alpha value is -1.20. The Kier molecular flexibility index (Phi) is 2.60. The molecule has 0 spiro atoms. The summed E-state index contributed by atoms with van der Waals surface area (Å²) in [6.07, 6.45) is 0.869. The third-order valence-corrected chi connectivity index (χ3v) is 3.01. The molecule has 0 fully saturated rings. The van der Waals surface area contributed by atoms with Crippen LogP contribution in [-0.2, 0) is 20.0 Å². The van der Waals surface area contributed by atoms with Crippen molar-refractivity contribution >= 4 is 11.3 Å². The maximum absolute atomic E-state index is 5.58. The van der Waals surface area contributed by atoms with Crippen molar-refractivity contribution < 1.29 is 0 Å². The lowest BCUT2D eigenvalue weighted by Gasteiger charge is -2.00. The van der Waals surface area contributed by atoms with Crippen molar-refractivity contribution in [1.29, 1.82) is 0 Å². The van der Waals surface area contributed by atoms with E-state index in [4.69, 9.17) is 5.73 Å². The number of hydrogen-bond acceptors (Lipinski definition) is 4. The Balaban J connectivity index is 2.27. The molecule has 0 saturated heterocycles. The van der Waals surface area contributed by atoms with Gasteiger partial charge in [-0.05, 0) is 11.4 Å². The standard InChI is InChI=1S/C9H12N4S/c1-13-9(8(6-10)11-12-13)5-7-3-2-4-14-7/h2-4H,5-6,10H2,1H3. The van der Waals surface area contributed by atoms with E-state index in [1.807, 2.05) is 13.1 Å².